The fourth-order valence-electron chi connectivity index (χ4n) is 2.93. The first-order chi connectivity index (χ1) is 13.1. The molecule has 1 fully saturated rings. The molecule has 0 atom stereocenters. The van der Waals surface area contributed by atoms with Gasteiger partial charge in [-0.1, -0.05) is 0 Å². The van der Waals surface area contributed by atoms with E-state index in [0.29, 0.717) is 30.1 Å². The second-order valence-corrected chi connectivity index (χ2v) is 7.58. The van der Waals surface area contributed by atoms with Gasteiger partial charge in [-0.05, 0) is 60.2 Å². The summed E-state index contributed by atoms with van der Waals surface area (Å²) in [6.45, 7) is 2.55. The highest BCUT2D eigenvalue weighted by Gasteiger charge is 2.30. The van der Waals surface area contributed by atoms with Crippen LogP contribution in [0.4, 0.5) is 5.69 Å². The van der Waals surface area contributed by atoms with Crippen LogP contribution >= 0.6 is 11.3 Å². The summed E-state index contributed by atoms with van der Waals surface area (Å²) >= 11 is 1.64. The number of carbonyl (C=O) groups excluding carboxylic acids is 2. The van der Waals surface area contributed by atoms with Crippen LogP contribution in [0.15, 0.2) is 45.9 Å². The van der Waals surface area contributed by atoms with Crippen LogP contribution in [0.1, 0.15) is 24.8 Å². The van der Waals surface area contributed by atoms with Gasteiger partial charge in [0.15, 0.2) is 0 Å². The first-order valence-corrected chi connectivity index (χ1v) is 9.90. The topological polar surface area (TPSA) is 83.5 Å². The average molecular weight is 380 g/mol. The van der Waals surface area contributed by atoms with Crippen LogP contribution in [-0.2, 0) is 9.59 Å². The molecule has 0 unspecified atom stereocenters. The van der Waals surface area contributed by atoms with E-state index >= 15 is 0 Å². The zero-order valence-corrected chi connectivity index (χ0v) is 15.8. The summed E-state index contributed by atoms with van der Waals surface area (Å²) in [7, 11) is 0. The number of rotatable bonds is 4. The predicted molar refractivity (Wildman–Crippen MR) is 107 cm³/mol. The molecular formula is C20H20N4O2S. The van der Waals surface area contributed by atoms with Gasteiger partial charge in [-0.2, -0.15) is 11.3 Å². The van der Waals surface area contributed by atoms with Crippen LogP contribution in [0.2, 0.25) is 0 Å². The van der Waals surface area contributed by atoms with Crippen molar-refractivity contribution in [2.45, 2.75) is 26.2 Å². The van der Waals surface area contributed by atoms with E-state index in [-0.39, 0.29) is 17.7 Å². The Morgan fingerprint density at radius 1 is 1.19 bits per heavy atom. The third kappa shape index (κ3) is 4.14. The Hall–Kier alpha value is -2.80. The van der Waals surface area contributed by atoms with Crippen molar-refractivity contribution < 1.29 is 9.59 Å². The molecule has 3 heterocycles. The Morgan fingerprint density at radius 2 is 2.04 bits per heavy atom. The molecule has 0 saturated heterocycles. The van der Waals surface area contributed by atoms with Crippen molar-refractivity contribution in [2.24, 2.45) is 10.9 Å². The number of aryl methyl sites for hydroxylation is 1. The summed E-state index contributed by atoms with van der Waals surface area (Å²) in [6, 6.07) is 1.92. The molecule has 0 radical (unpaired) electrons. The maximum atomic E-state index is 12.6. The van der Waals surface area contributed by atoms with E-state index < -0.39 is 0 Å². The van der Waals surface area contributed by atoms with Crippen molar-refractivity contribution >= 4 is 34.7 Å². The predicted octanol–water partition coefficient (Wildman–Crippen LogP) is 3.31. The van der Waals surface area contributed by atoms with Gasteiger partial charge in [0.25, 0.3) is 5.91 Å². The number of hydrogen-bond donors (Lipinski definition) is 2. The Labute approximate surface area is 161 Å². The SMILES string of the molecule is Cc1cscc1-c1cncc(NC(=O)C2=CC(NC(=O)C3CC3)=NCC2)c1. The molecule has 2 aromatic rings. The van der Waals surface area contributed by atoms with Crippen LogP contribution in [0.25, 0.3) is 11.1 Å². The van der Waals surface area contributed by atoms with Crippen molar-refractivity contribution in [3.63, 3.8) is 0 Å². The summed E-state index contributed by atoms with van der Waals surface area (Å²) in [5.74, 6) is 0.387. The molecule has 1 saturated carbocycles. The molecule has 1 aliphatic heterocycles. The average Bonchev–Trinajstić information content (AvgIpc) is 3.43. The quantitative estimate of drug-likeness (QED) is 0.853. The van der Waals surface area contributed by atoms with Crippen LogP contribution in [0.3, 0.4) is 0 Å². The number of aliphatic imine (C=N–C) groups is 1. The molecule has 2 amide bonds. The van der Waals surface area contributed by atoms with Crippen molar-refractivity contribution in [2.75, 3.05) is 11.9 Å². The number of hydrogen-bond acceptors (Lipinski definition) is 5. The molecule has 2 N–H and O–H groups in total. The van der Waals surface area contributed by atoms with Crippen LogP contribution in [0.5, 0.6) is 0 Å². The molecule has 27 heavy (non-hydrogen) atoms. The van der Waals surface area contributed by atoms with Crippen molar-refractivity contribution in [3.8, 4) is 11.1 Å². The van der Waals surface area contributed by atoms with E-state index in [9.17, 15) is 9.59 Å². The fourth-order valence-corrected chi connectivity index (χ4v) is 3.79. The van der Waals surface area contributed by atoms with Gasteiger partial charge in [0, 0.05) is 29.8 Å². The molecule has 7 heteroatoms. The van der Waals surface area contributed by atoms with E-state index in [1.54, 1.807) is 29.8 Å². The third-order valence-electron chi connectivity index (χ3n) is 4.63. The number of dihydropyridines is 1. The van der Waals surface area contributed by atoms with Gasteiger partial charge >= 0.3 is 0 Å². The van der Waals surface area contributed by atoms with Gasteiger partial charge in [0.1, 0.15) is 5.84 Å². The van der Waals surface area contributed by atoms with Crippen molar-refractivity contribution in [1.82, 2.24) is 10.3 Å². The largest absolute Gasteiger partial charge is 0.321 e. The van der Waals surface area contributed by atoms with Gasteiger partial charge in [-0.15, -0.1) is 0 Å². The maximum Gasteiger partial charge on any atom is 0.251 e. The second kappa shape index (κ2) is 7.44. The summed E-state index contributed by atoms with van der Waals surface area (Å²) in [5, 5.41) is 9.88. The summed E-state index contributed by atoms with van der Waals surface area (Å²) < 4.78 is 0. The Morgan fingerprint density at radius 3 is 2.78 bits per heavy atom. The minimum Gasteiger partial charge on any atom is -0.321 e. The summed E-state index contributed by atoms with van der Waals surface area (Å²) in [6.07, 6.45) is 7.51. The lowest BCUT2D eigenvalue weighted by Crippen LogP contribution is -2.33. The number of carbonyl (C=O) groups is 2. The van der Waals surface area contributed by atoms with Crippen LogP contribution in [0, 0.1) is 12.8 Å². The number of amides is 2. The molecule has 0 spiro atoms. The van der Waals surface area contributed by atoms with E-state index in [1.807, 2.05) is 6.07 Å². The number of nitrogens with zero attached hydrogens (tertiary/aromatic N) is 2. The van der Waals surface area contributed by atoms with Crippen molar-refractivity contribution in [1.29, 1.82) is 0 Å². The Kier molecular flexibility index (Phi) is 4.85. The summed E-state index contributed by atoms with van der Waals surface area (Å²) in [4.78, 5) is 33.1. The number of pyridine rings is 1. The lowest BCUT2D eigenvalue weighted by atomic mass is 10.1. The molecule has 6 nitrogen and oxygen atoms in total. The van der Waals surface area contributed by atoms with Crippen molar-refractivity contribution in [3.05, 3.63) is 46.4 Å². The van der Waals surface area contributed by atoms with Gasteiger partial charge in [-0.25, -0.2) is 0 Å². The standard InChI is InChI=1S/C20H20N4O2S/c1-12-10-27-11-17(12)15-6-16(9-21-8-15)23-20(26)14-4-5-22-18(7-14)24-19(25)13-2-3-13/h6-11,13H,2-5H2,1H3,(H,23,26)(H,22,24,25). The highest BCUT2D eigenvalue weighted by Crippen LogP contribution is 2.29. The number of thiophene rings is 1. The number of aromatic nitrogens is 1. The van der Waals surface area contributed by atoms with E-state index in [2.05, 4.69) is 38.3 Å². The van der Waals surface area contributed by atoms with Gasteiger partial charge in [0.2, 0.25) is 5.91 Å². The number of amidine groups is 1. The molecule has 2 aromatic heterocycles. The first-order valence-electron chi connectivity index (χ1n) is 8.95. The van der Waals surface area contributed by atoms with E-state index in [0.717, 1.165) is 24.0 Å². The summed E-state index contributed by atoms with van der Waals surface area (Å²) in [5.41, 5.74) is 4.54. The van der Waals surface area contributed by atoms with Crippen LogP contribution in [-0.4, -0.2) is 29.2 Å². The number of anilines is 1. The molecule has 2 aliphatic rings. The molecular weight excluding hydrogens is 360 g/mol. The molecule has 4 rings (SSSR count). The van der Waals surface area contributed by atoms with Gasteiger partial charge < -0.3 is 10.6 Å². The number of nitrogens with one attached hydrogen (secondary N) is 2. The Balaban J connectivity index is 1.46. The minimum absolute atomic E-state index is 0.00491. The lowest BCUT2D eigenvalue weighted by molar-refractivity contribution is -0.120. The van der Waals surface area contributed by atoms with Crippen LogP contribution < -0.4 is 10.6 Å². The monoisotopic (exact) mass is 380 g/mol. The third-order valence-corrected chi connectivity index (χ3v) is 5.49. The molecule has 138 valence electrons. The Bertz CT molecular complexity index is 956. The van der Waals surface area contributed by atoms with E-state index in [1.165, 1.54) is 5.56 Å². The highest BCUT2D eigenvalue weighted by molar-refractivity contribution is 7.08. The zero-order chi connectivity index (χ0) is 18.8. The minimum atomic E-state index is -0.191. The fraction of sp³-hybridized carbons (Fsp3) is 0.300. The molecule has 0 aromatic carbocycles. The molecule has 1 aliphatic carbocycles. The zero-order valence-electron chi connectivity index (χ0n) is 15.0. The maximum absolute atomic E-state index is 12.6. The smallest absolute Gasteiger partial charge is 0.251 e. The van der Waals surface area contributed by atoms with Gasteiger partial charge in [0.05, 0.1) is 11.9 Å². The molecule has 0 bridgehead atoms. The highest BCUT2D eigenvalue weighted by atomic mass is 32.1. The first kappa shape index (κ1) is 17.6. The van der Waals surface area contributed by atoms with E-state index in [4.69, 9.17) is 0 Å². The van der Waals surface area contributed by atoms with Gasteiger partial charge in [-0.3, -0.25) is 19.6 Å². The second-order valence-electron chi connectivity index (χ2n) is 6.83. The lowest BCUT2D eigenvalue weighted by Gasteiger charge is -2.14. The normalized spacial score (nSPS) is 16.3.